The first kappa shape index (κ1) is 8.29. The van der Waals surface area contributed by atoms with Gasteiger partial charge in [0.15, 0.2) is 0 Å². The molecule has 0 saturated heterocycles. The summed E-state index contributed by atoms with van der Waals surface area (Å²) in [6, 6.07) is 0. The summed E-state index contributed by atoms with van der Waals surface area (Å²) >= 11 is 2.33. The number of alkyl halides is 1. The lowest BCUT2D eigenvalue weighted by Gasteiger charge is -2.01. The minimum absolute atomic E-state index is 0.469. The lowest BCUT2D eigenvalue weighted by molar-refractivity contribution is 0.655. The molecule has 0 nitrogen and oxygen atoms in total. The average molecular weight is 221 g/mol. The fourth-order valence-electron chi connectivity index (χ4n) is 0.423. The normalized spacial score (nSPS) is 12.6. The van der Waals surface area contributed by atoms with Crippen molar-refractivity contribution in [1.82, 2.24) is 0 Å². The largest absolute Gasteiger partial charge is 0.120 e. The Bertz CT molecular complexity index is 80.9. The number of halogens is 1. The van der Waals surface area contributed by atoms with Crippen LogP contribution in [0.3, 0.4) is 0 Å². The molecule has 1 heteroatoms. The fourth-order valence-corrected chi connectivity index (χ4v) is 1.30. The fraction of sp³-hybridized carbons (Fsp3) is 0.571. The third-order valence-corrected chi connectivity index (χ3v) is 1.55. The summed E-state index contributed by atoms with van der Waals surface area (Å²) < 4.78 is 1.16. The van der Waals surface area contributed by atoms with Crippen molar-refractivity contribution in [3.05, 3.63) is 6.92 Å². The maximum absolute atomic E-state index is 5.07. The molecule has 1 unspecified atom stereocenters. The zero-order valence-corrected chi connectivity index (χ0v) is 7.02. The first-order valence-corrected chi connectivity index (χ1v) is 4.16. The van der Waals surface area contributed by atoms with Gasteiger partial charge in [-0.25, -0.2) is 0 Å². The van der Waals surface area contributed by atoms with Gasteiger partial charge in [0.05, 0.1) is 0 Å². The van der Waals surface area contributed by atoms with Crippen molar-refractivity contribution in [2.75, 3.05) is 4.43 Å². The highest BCUT2D eigenvalue weighted by Crippen LogP contribution is 2.06. The highest BCUT2D eigenvalue weighted by atomic mass is 127. The van der Waals surface area contributed by atoms with Crippen LogP contribution in [-0.4, -0.2) is 4.43 Å². The van der Waals surface area contributed by atoms with Crippen LogP contribution >= 0.6 is 22.6 Å². The van der Waals surface area contributed by atoms with Gasteiger partial charge in [-0.2, -0.15) is 0 Å². The van der Waals surface area contributed by atoms with Crippen LogP contribution in [0.4, 0.5) is 0 Å². The quantitative estimate of drug-likeness (QED) is 0.389. The van der Waals surface area contributed by atoms with Crippen molar-refractivity contribution in [1.29, 1.82) is 0 Å². The number of hydrogen-bond donors (Lipinski definition) is 0. The highest BCUT2D eigenvalue weighted by molar-refractivity contribution is 14.1. The zero-order chi connectivity index (χ0) is 6.41. The van der Waals surface area contributed by atoms with E-state index in [-0.39, 0.29) is 0 Å². The number of hydrogen-bond acceptors (Lipinski definition) is 0. The SMILES string of the molecule is C#CCC([CH2])CCI. The van der Waals surface area contributed by atoms with Crippen molar-refractivity contribution in [2.24, 2.45) is 5.92 Å². The van der Waals surface area contributed by atoms with Crippen molar-refractivity contribution >= 4 is 22.6 Å². The predicted octanol–water partition coefficient (Wildman–Crippen LogP) is 2.29. The van der Waals surface area contributed by atoms with E-state index in [2.05, 4.69) is 35.4 Å². The van der Waals surface area contributed by atoms with Crippen LogP contribution in [0.2, 0.25) is 0 Å². The van der Waals surface area contributed by atoms with E-state index >= 15 is 0 Å². The molecule has 0 aromatic carbocycles. The van der Waals surface area contributed by atoms with E-state index in [4.69, 9.17) is 6.42 Å². The van der Waals surface area contributed by atoms with Crippen LogP contribution in [0.15, 0.2) is 0 Å². The minimum atomic E-state index is 0.469. The van der Waals surface area contributed by atoms with E-state index in [1.54, 1.807) is 0 Å². The summed E-state index contributed by atoms with van der Waals surface area (Å²) in [6.07, 6.45) is 7.03. The Balaban J connectivity index is 3.08. The van der Waals surface area contributed by atoms with Crippen LogP contribution in [0.25, 0.3) is 0 Å². The summed E-state index contributed by atoms with van der Waals surface area (Å²) in [4.78, 5) is 0. The molecule has 0 fully saturated rings. The molecule has 1 radical (unpaired) electrons. The van der Waals surface area contributed by atoms with E-state index in [1.165, 1.54) is 0 Å². The lowest BCUT2D eigenvalue weighted by Crippen LogP contribution is -1.92. The Morgan fingerprint density at radius 1 is 1.75 bits per heavy atom. The number of rotatable bonds is 3. The molecule has 0 aromatic rings. The highest BCUT2D eigenvalue weighted by Gasteiger charge is 1.95. The zero-order valence-electron chi connectivity index (χ0n) is 4.86. The van der Waals surface area contributed by atoms with Gasteiger partial charge in [-0.3, -0.25) is 0 Å². The maximum Gasteiger partial charge on any atom is 0.0115 e. The van der Waals surface area contributed by atoms with Gasteiger partial charge in [0.1, 0.15) is 0 Å². The van der Waals surface area contributed by atoms with Gasteiger partial charge in [-0.15, -0.1) is 12.3 Å². The second kappa shape index (κ2) is 5.43. The smallest absolute Gasteiger partial charge is 0.0115 e. The van der Waals surface area contributed by atoms with Crippen LogP contribution in [-0.2, 0) is 0 Å². The van der Waals surface area contributed by atoms with Crippen LogP contribution < -0.4 is 0 Å². The van der Waals surface area contributed by atoms with Crippen molar-refractivity contribution in [3.63, 3.8) is 0 Å². The molecule has 0 N–H and O–H groups in total. The monoisotopic (exact) mass is 221 g/mol. The minimum Gasteiger partial charge on any atom is -0.120 e. The number of terminal acetylenes is 1. The molecule has 0 aliphatic carbocycles. The molecular formula is C7H10I. The first-order chi connectivity index (χ1) is 3.81. The van der Waals surface area contributed by atoms with Gasteiger partial charge in [0.25, 0.3) is 0 Å². The molecule has 0 aliphatic heterocycles. The second-order valence-electron chi connectivity index (χ2n) is 1.75. The third-order valence-electron chi connectivity index (χ3n) is 0.924. The molecule has 8 heavy (non-hydrogen) atoms. The molecule has 0 bridgehead atoms. The second-order valence-corrected chi connectivity index (χ2v) is 2.83. The summed E-state index contributed by atoms with van der Waals surface area (Å²) in [5.74, 6) is 3.06. The predicted molar refractivity (Wildman–Crippen MR) is 45.8 cm³/mol. The molecule has 0 aromatic heterocycles. The Morgan fingerprint density at radius 2 is 2.38 bits per heavy atom. The van der Waals surface area contributed by atoms with Crippen molar-refractivity contribution < 1.29 is 0 Å². The molecule has 45 valence electrons. The van der Waals surface area contributed by atoms with Crippen LogP contribution in [0.1, 0.15) is 12.8 Å². The van der Waals surface area contributed by atoms with E-state index < -0.39 is 0 Å². The summed E-state index contributed by atoms with van der Waals surface area (Å²) in [5, 5.41) is 0. The van der Waals surface area contributed by atoms with E-state index in [1.807, 2.05) is 0 Å². The Hall–Kier alpha value is 0.290. The molecule has 0 rings (SSSR count). The molecule has 1 atom stereocenters. The maximum atomic E-state index is 5.07. The van der Waals surface area contributed by atoms with Crippen LogP contribution in [0, 0.1) is 25.2 Å². The molecule has 0 saturated carbocycles. The van der Waals surface area contributed by atoms with Gasteiger partial charge < -0.3 is 0 Å². The van der Waals surface area contributed by atoms with Crippen molar-refractivity contribution in [3.8, 4) is 12.3 Å². The van der Waals surface area contributed by atoms with E-state index in [0.717, 1.165) is 17.3 Å². The van der Waals surface area contributed by atoms with E-state index in [9.17, 15) is 0 Å². The average Bonchev–Trinajstić information content (AvgIpc) is 1.68. The first-order valence-electron chi connectivity index (χ1n) is 2.63. The third kappa shape index (κ3) is 4.45. The van der Waals surface area contributed by atoms with Gasteiger partial charge in [-0.05, 0) is 23.7 Å². The molecule has 0 spiro atoms. The van der Waals surface area contributed by atoms with Gasteiger partial charge in [0.2, 0.25) is 0 Å². The summed E-state index contributed by atoms with van der Waals surface area (Å²) in [6.45, 7) is 3.87. The Morgan fingerprint density at radius 3 is 2.75 bits per heavy atom. The summed E-state index contributed by atoms with van der Waals surface area (Å²) in [7, 11) is 0. The Kier molecular flexibility index (Phi) is 5.62. The van der Waals surface area contributed by atoms with Gasteiger partial charge >= 0.3 is 0 Å². The van der Waals surface area contributed by atoms with Gasteiger partial charge in [0, 0.05) is 6.42 Å². The van der Waals surface area contributed by atoms with Crippen LogP contribution in [0.5, 0.6) is 0 Å². The van der Waals surface area contributed by atoms with Crippen molar-refractivity contribution in [2.45, 2.75) is 12.8 Å². The lowest BCUT2D eigenvalue weighted by atomic mass is 10.1. The molecule has 0 aliphatic rings. The summed E-state index contributed by atoms with van der Waals surface area (Å²) in [5.41, 5.74) is 0. The molecular weight excluding hydrogens is 211 g/mol. The molecule has 0 heterocycles. The van der Waals surface area contributed by atoms with E-state index in [0.29, 0.717) is 5.92 Å². The van der Waals surface area contributed by atoms with Gasteiger partial charge in [-0.1, -0.05) is 22.6 Å². The topological polar surface area (TPSA) is 0 Å². The molecule has 0 amide bonds. The Labute approximate surface area is 65.2 Å². The standard InChI is InChI=1S/C7H10I/c1-3-4-7(2)5-6-8/h1,7H,2,4-6H2.